The zero-order valence-electron chi connectivity index (χ0n) is 17.6. The molecule has 1 saturated heterocycles. The maximum absolute atomic E-state index is 13.0. The van der Waals surface area contributed by atoms with Crippen molar-refractivity contribution in [2.75, 3.05) is 6.54 Å². The summed E-state index contributed by atoms with van der Waals surface area (Å²) in [6.07, 6.45) is 8.21. The Balaban J connectivity index is 2.80. The molecule has 1 fully saturated rings. The Kier molecular flexibility index (Phi) is 10.7. The summed E-state index contributed by atoms with van der Waals surface area (Å²) >= 11 is 0. The van der Waals surface area contributed by atoms with E-state index < -0.39 is 17.3 Å². The molecule has 1 unspecified atom stereocenters. The minimum Gasteiger partial charge on any atom is -0.479 e. The number of rotatable bonds is 14. The number of aliphatic carboxylic acids is 1. The summed E-state index contributed by atoms with van der Waals surface area (Å²) in [5.41, 5.74) is 10.4. The van der Waals surface area contributed by atoms with Crippen molar-refractivity contribution in [1.29, 1.82) is 0 Å². The van der Waals surface area contributed by atoms with Crippen LogP contribution >= 0.6 is 0 Å². The van der Waals surface area contributed by atoms with Crippen molar-refractivity contribution in [1.82, 2.24) is 4.90 Å². The molecule has 5 N–H and O–H groups in total. The van der Waals surface area contributed by atoms with E-state index in [0.717, 1.165) is 44.9 Å². The number of Topliss-reactive ketones (excluding diaryl/α,β-unsaturated/α-hetero) is 1. The molecule has 0 aromatic heterocycles. The van der Waals surface area contributed by atoms with Gasteiger partial charge in [-0.2, -0.15) is 0 Å². The first-order valence-electron chi connectivity index (χ1n) is 10.9. The third-order valence-corrected chi connectivity index (χ3v) is 5.74. The fourth-order valence-corrected chi connectivity index (χ4v) is 4.05. The molecule has 0 bridgehead atoms. The van der Waals surface area contributed by atoms with Crippen LogP contribution in [0, 0.1) is 0 Å². The topological polar surface area (TPSA) is 127 Å². The van der Waals surface area contributed by atoms with E-state index >= 15 is 0 Å². The van der Waals surface area contributed by atoms with Gasteiger partial charge >= 0.3 is 5.97 Å². The molecule has 1 aliphatic rings. The van der Waals surface area contributed by atoms with Gasteiger partial charge in [-0.05, 0) is 25.7 Å². The van der Waals surface area contributed by atoms with Crippen molar-refractivity contribution in [3.8, 4) is 0 Å². The lowest BCUT2D eigenvalue weighted by Crippen LogP contribution is -2.59. The Bertz CT molecular complexity index is 526. The van der Waals surface area contributed by atoms with Gasteiger partial charge in [0.2, 0.25) is 5.91 Å². The predicted molar refractivity (Wildman–Crippen MR) is 110 cm³/mol. The van der Waals surface area contributed by atoms with E-state index in [0.29, 0.717) is 12.8 Å². The average molecular weight is 398 g/mol. The van der Waals surface area contributed by atoms with Crippen LogP contribution in [0.3, 0.4) is 0 Å². The maximum atomic E-state index is 13.0. The number of hydrogen-bond acceptors (Lipinski definition) is 5. The quantitative estimate of drug-likeness (QED) is 0.305. The van der Waals surface area contributed by atoms with Gasteiger partial charge in [-0.25, -0.2) is 4.79 Å². The number of carboxylic acids is 1. The summed E-state index contributed by atoms with van der Waals surface area (Å²) in [5, 5.41) is 9.90. The molecule has 0 radical (unpaired) electrons. The summed E-state index contributed by atoms with van der Waals surface area (Å²) in [6.45, 7) is 4.47. The summed E-state index contributed by atoms with van der Waals surface area (Å²) in [6, 6.07) is -0.679. The van der Waals surface area contributed by atoms with E-state index in [1.165, 1.54) is 4.90 Å². The molecule has 0 aromatic rings. The number of hydrogen-bond donors (Lipinski definition) is 3. The fraction of sp³-hybridized carbons (Fsp3) is 0.857. The second-order valence-electron chi connectivity index (χ2n) is 8.16. The largest absolute Gasteiger partial charge is 0.479 e. The minimum absolute atomic E-state index is 0.0116. The molecule has 1 amide bonds. The van der Waals surface area contributed by atoms with E-state index in [9.17, 15) is 19.5 Å². The fourth-order valence-electron chi connectivity index (χ4n) is 4.05. The Hall–Kier alpha value is -1.47. The zero-order valence-corrected chi connectivity index (χ0v) is 17.6. The van der Waals surface area contributed by atoms with Crippen LogP contribution in [-0.2, 0) is 14.4 Å². The highest BCUT2D eigenvalue weighted by molar-refractivity contribution is 6.10. The van der Waals surface area contributed by atoms with Crippen LogP contribution in [0.5, 0.6) is 0 Å². The second-order valence-corrected chi connectivity index (χ2v) is 8.16. The number of likely N-dealkylation sites (tertiary alicyclic amines) is 1. The van der Waals surface area contributed by atoms with E-state index in [1.54, 1.807) is 0 Å². The molecule has 0 aromatic carbocycles. The van der Waals surface area contributed by atoms with E-state index in [-0.39, 0.29) is 43.8 Å². The second kappa shape index (κ2) is 12.2. The van der Waals surface area contributed by atoms with E-state index in [4.69, 9.17) is 11.5 Å². The first kappa shape index (κ1) is 24.6. The Morgan fingerprint density at radius 1 is 0.964 bits per heavy atom. The van der Waals surface area contributed by atoms with Gasteiger partial charge in [0.25, 0.3) is 0 Å². The summed E-state index contributed by atoms with van der Waals surface area (Å²) in [4.78, 5) is 39.2. The molecule has 3 atom stereocenters. The Morgan fingerprint density at radius 2 is 1.50 bits per heavy atom. The van der Waals surface area contributed by atoms with Crippen molar-refractivity contribution in [3.63, 3.8) is 0 Å². The molecule has 7 nitrogen and oxygen atoms in total. The third kappa shape index (κ3) is 6.55. The van der Waals surface area contributed by atoms with Crippen LogP contribution in [0.15, 0.2) is 0 Å². The molecule has 1 aliphatic heterocycles. The number of carboxylic acid groups (broad SMARTS) is 1. The van der Waals surface area contributed by atoms with Crippen molar-refractivity contribution in [3.05, 3.63) is 0 Å². The number of amides is 1. The molecule has 0 aliphatic carbocycles. The molecule has 7 heteroatoms. The lowest BCUT2D eigenvalue weighted by atomic mass is 9.86. The molecular formula is C21H39N3O4. The van der Waals surface area contributed by atoms with E-state index in [1.807, 2.05) is 0 Å². The molecule has 1 rings (SSSR count). The van der Waals surface area contributed by atoms with Gasteiger partial charge in [0, 0.05) is 31.5 Å². The van der Waals surface area contributed by atoms with Gasteiger partial charge in [-0.3, -0.25) is 9.59 Å². The van der Waals surface area contributed by atoms with Gasteiger partial charge in [-0.15, -0.1) is 0 Å². The molecule has 0 saturated carbocycles. The SMILES string of the molecule is CCCCCC(N)CC(=O)[C@]1(C(=O)O)CCCN1C(=O)C[C@@H](N)CCCCC. The smallest absolute Gasteiger partial charge is 0.337 e. The lowest BCUT2D eigenvalue weighted by Gasteiger charge is -2.34. The number of nitrogens with two attached hydrogens (primary N) is 2. The van der Waals surface area contributed by atoms with Crippen LogP contribution in [0.25, 0.3) is 0 Å². The van der Waals surface area contributed by atoms with E-state index in [2.05, 4.69) is 13.8 Å². The van der Waals surface area contributed by atoms with Gasteiger partial charge in [0.05, 0.1) is 0 Å². The highest BCUT2D eigenvalue weighted by Gasteiger charge is 2.55. The van der Waals surface area contributed by atoms with Crippen molar-refractivity contribution in [2.24, 2.45) is 11.5 Å². The number of carbonyl (C=O) groups excluding carboxylic acids is 2. The first-order chi connectivity index (χ1) is 13.3. The minimum atomic E-state index is -1.78. The summed E-state index contributed by atoms with van der Waals surface area (Å²) in [5.74, 6) is -2.03. The van der Waals surface area contributed by atoms with Crippen LogP contribution in [0.4, 0.5) is 0 Å². The predicted octanol–water partition coefficient (Wildman–Crippen LogP) is 2.60. The van der Waals surface area contributed by atoms with Gasteiger partial charge in [0.1, 0.15) is 0 Å². The number of nitrogens with zero attached hydrogens (tertiary/aromatic N) is 1. The van der Waals surface area contributed by atoms with Crippen molar-refractivity contribution >= 4 is 17.7 Å². The molecule has 28 heavy (non-hydrogen) atoms. The molecular weight excluding hydrogens is 358 g/mol. The number of unbranched alkanes of at least 4 members (excludes halogenated alkanes) is 4. The lowest BCUT2D eigenvalue weighted by molar-refractivity contribution is -0.162. The molecule has 0 spiro atoms. The Labute approximate surface area is 169 Å². The van der Waals surface area contributed by atoms with Gasteiger partial charge in [0.15, 0.2) is 11.3 Å². The maximum Gasteiger partial charge on any atom is 0.337 e. The summed E-state index contributed by atoms with van der Waals surface area (Å²) in [7, 11) is 0. The van der Waals surface area contributed by atoms with Gasteiger partial charge in [-0.1, -0.05) is 52.4 Å². The summed E-state index contributed by atoms with van der Waals surface area (Å²) < 4.78 is 0. The van der Waals surface area contributed by atoms with Gasteiger partial charge < -0.3 is 21.5 Å². The standard InChI is InChI=1S/C21H39N3O4/c1-3-5-7-10-16(22)14-18(25)21(20(27)28)12-9-13-24(21)19(26)15-17(23)11-8-6-4-2/h16-17H,3-15,22-23H2,1-2H3,(H,27,28)/t16?,17-,21-/m0/s1. The van der Waals surface area contributed by atoms with Crippen molar-refractivity contribution < 1.29 is 19.5 Å². The van der Waals surface area contributed by atoms with Crippen LogP contribution < -0.4 is 11.5 Å². The molecule has 162 valence electrons. The normalized spacial score (nSPS) is 21.5. The number of ketones is 1. The third-order valence-electron chi connectivity index (χ3n) is 5.74. The number of carbonyl (C=O) groups is 3. The highest BCUT2D eigenvalue weighted by atomic mass is 16.4. The first-order valence-corrected chi connectivity index (χ1v) is 10.9. The van der Waals surface area contributed by atoms with Crippen LogP contribution in [0.1, 0.15) is 90.9 Å². The highest BCUT2D eigenvalue weighted by Crippen LogP contribution is 2.33. The van der Waals surface area contributed by atoms with Crippen molar-refractivity contribution in [2.45, 2.75) is 109 Å². The zero-order chi connectivity index (χ0) is 21.2. The monoisotopic (exact) mass is 397 g/mol. The van der Waals surface area contributed by atoms with Crippen LogP contribution in [0.2, 0.25) is 0 Å². The molecule has 1 heterocycles. The average Bonchev–Trinajstić information content (AvgIpc) is 3.08. The Morgan fingerprint density at radius 3 is 2.00 bits per heavy atom. The van der Waals surface area contributed by atoms with Crippen LogP contribution in [-0.4, -0.2) is 51.8 Å².